The number of quaternary nitrogens is 2. The van der Waals surface area contributed by atoms with Gasteiger partial charge in [-0.15, -0.1) is 0 Å². The maximum absolute atomic E-state index is 12.2. The highest BCUT2D eigenvalue weighted by Crippen LogP contribution is 2.27. The lowest BCUT2D eigenvalue weighted by molar-refractivity contribution is -0.908. The van der Waals surface area contributed by atoms with Crippen LogP contribution in [0.3, 0.4) is 0 Å². The number of nitrogens with two attached hydrogens (primary N) is 1. The standard InChI is InChI=1S/C22H31N3O3/c1-25(2)19(18-8-6-5-7-9-18)15-23-16-22(26)24-13-12-17-10-11-20(27-3)21(14-17)28-4/h5-11,14,19,23H,12-13,15-16H2,1-4H3,(H,24,26)/p+2/t19-/m1/s1. The Labute approximate surface area is 167 Å². The van der Waals surface area contributed by atoms with Crippen molar-refractivity contribution in [1.82, 2.24) is 5.32 Å². The predicted octanol–water partition coefficient (Wildman–Crippen LogP) is -0.188. The molecule has 0 aliphatic heterocycles. The normalized spacial score (nSPS) is 11.9. The average Bonchev–Trinajstić information content (AvgIpc) is 2.71. The maximum Gasteiger partial charge on any atom is 0.275 e. The van der Waals surface area contributed by atoms with Gasteiger partial charge in [-0.2, -0.15) is 0 Å². The Balaban J connectivity index is 1.74. The topological polar surface area (TPSA) is 68.6 Å². The van der Waals surface area contributed by atoms with Gasteiger partial charge in [0.25, 0.3) is 5.91 Å². The molecule has 0 saturated heterocycles. The van der Waals surface area contributed by atoms with Gasteiger partial charge in [0.05, 0.1) is 28.3 Å². The number of carbonyl (C=O) groups is 1. The van der Waals surface area contributed by atoms with Gasteiger partial charge in [0.2, 0.25) is 0 Å². The molecule has 28 heavy (non-hydrogen) atoms. The summed E-state index contributed by atoms with van der Waals surface area (Å²) < 4.78 is 10.6. The van der Waals surface area contributed by atoms with Crippen molar-refractivity contribution in [3.05, 3.63) is 59.7 Å². The zero-order valence-corrected chi connectivity index (χ0v) is 17.3. The molecule has 4 N–H and O–H groups in total. The molecule has 1 atom stereocenters. The van der Waals surface area contributed by atoms with Crippen LogP contribution in [0.15, 0.2) is 48.5 Å². The number of amides is 1. The van der Waals surface area contributed by atoms with Gasteiger partial charge in [-0.3, -0.25) is 4.79 Å². The third kappa shape index (κ3) is 6.55. The smallest absolute Gasteiger partial charge is 0.275 e. The van der Waals surface area contributed by atoms with Crippen LogP contribution in [0.4, 0.5) is 0 Å². The van der Waals surface area contributed by atoms with E-state index in [4.69, 9.17) is 9.47 Å². The summed E-state index contributed by atoms with van der Waals surface area (Å²) >= 11 is 0. The zero-order valence-electron chi connectivity index (χ0n) is 17.3. The Hall–Kier alpha value is -2.57. The molecule has 0 fully saturated rings. The van der Waals surface area contributed by atoms with Crippen LogP contribution in [0, 0.1) is 0 Å². The third-order valence-corrected chi connectivity index (χ3v) is 4.81. The van der Waals surface area contributed by atoms with Crippen molar-refractivity contribution in [3.63, 3.8) is 0 Å². The average molecular weight is 388 g/mol. The van der Waals surface area contributed by atoms with Crippen LogP contribution < -0.4 is 25.0 Å². The molecule has 0 aliphatic carbocycles. The van der Waals surface area contributed by atoms with Crippen LogP contribution in [0.25, 0.3) is 0 Å². The van der Waals surface area contributed by atoms with E-state index in [1.165, 1.54) is 10.5 Å². The molecule has 0 unspecified atom stereocenters. The highest BCUT2D eigenvalue weighted by molar-refractivity contribution is 5.76. The van der Waals surface area contributed by atoms with Crippen LogP contribution in [0.2, 0.25) is 0 Å². The number of methoxy groups -OCH3 is 2. The van der Waals surface area contributed by atoms with Gasteiger partial charge >= 0.3 is 0 Å². The number of hydrogen-bond acceptors (Lipinski definition) is 3. The van der Waals surface area contributed by atoms with Crippen LogP contribution in [0.5, 0.6) is 11.5 Å². The van der Waals surface area contributed by atoms with Gasteiger partial charge in [-0.1, -0.05) is 36.4 Å². The fourth-order valence-electron chi connectivity index (χ4n) is 3.23. The minimum absolute atomic E-state index is 0.0565. The fourth-order valence-corrected chi connectivity index (χ4v) is 3.23. The maximum atomic E-state index is 12.2. The Bertz CT molecular complexity index is 735. The molecular formula is C22H33N3O3+2. The van der Waals surface area contributed by atoms with E-state index in [-0.39, 0.29) is 5.91 Å². The highest BCUT2D eigenvalue weighted by Gasteiger charge is 2.19. The lowest BCUT2D eigenvalue weighted by Gasteiger charge is -2.20. The second-order valence-electron chi connectivity index (χ2n) is 7.06. The van der Waals surface area contributed by atoms with Crippen molar-refractivity contribution >= 4 is 5.91 Å². The molecule has 0 heterocycles. The summed E-state index contributed by atoms with van der Waals surface area (Å²) in [5.41, 5.74) is 2.40. The lowest BCUT2D eigenvalue weighted by Crippen LogP contribution is -3.09. The summed E-state index contributed by atoms with van der Waals surface area (Å²) in [5.74, 6) is 1.47. The zero-order chi connectivity index (χ0) is 20.4. The van der Waals surface area contributed by atoms with Gasteiger partial charge in [0.1, 0.15) is 6.54 Å². The summed E-state index contributed by atoms with van der Waals surface area (Å²) in [6.07, 6.45) is 0.751. The molecule has 2 aromatic carbocycles. The van der Waals surface area contributed by atoms with Crippen molar-refractivity contribution in [3.8, 4) is 11.5 Å². The largest absolute Gasteiger partial charge is 0.493 e. The van der Waals surface area contributed by atoms with Crippen molar-refractivity contribution in [2.45, 2.75) is 12.5 Å². The molecule has 0 saturated carbocycles. The van der Waals surface area contributed by atoms with Gasteiger partial charge < -0.3 is 25.0 Å². The summed E-state index contributed by atoms with van der Waals surface area (Å²) in [7, 11) is 7.54. The van der Waals surface area contributed by atoms with E-state index in [9.17, 15) is 4.79 Å². The van der Waals surface area contributed by atoms with Crippen molar-refractivity contribution in [1.29, 1.82) is 0 Å². The fraction of sp³-hybridized carbons (Fsp3) is 0.409. The quantitative estimate of drug-likeness (QED) is 0.501. The van der Waals surface area contributed by atoms with Crippen LogP contribution >= 0.6 is 0 Å². The van der Waals surface area contributed by atoms with Crippen LogP contribution in [-0.2, 0) is 11.2 Å². The van der Waals surface area contributed by atoms with Gasteiger partial charge in [0.15, 0.2) is 24.1 Å². The Morgan fingerprint density at radius 3 is 2.43 bits per heavy atom. The van der Waals surface area contributed by atoms with Gasteiger partial charge in [-0.25, -0.2) is 0 Å². The number of likely N-dealkylation sites (N-methyl/N-ethyl adjacent to an activating group) is 1. The SMILES string of the molecule is COc1ccc(CCNC(=O)C[NH2+]C[C@H](c2ccccc2)[NH+](C)C)cc1OC. The monoisotopic (exact) mass is 387 g/mol. The molecule has 6 nitrogen and oxygen atoms in total. The first-order chi connectivity index (χ1) is 13.5. The van der Waals surface area contributed by atoms with Gasteiger partial charge in [-0.05, 0) is 24.1 Å². The van der Waals surface area contributed by atoms with E-state index in [2.05, 4.69) is 49.0 Å². The van der Waals surface area contributed by atoms with E-state index in [0.717, 1.165) is 18.5 Å². The number of rotatable bonds is 11. The molecule has 6 heteroatoms. The van der Waals surface area contributed by atoms with Crippen LogP contribution in [-0.4, -0.2) is 53.9 Å². The highest BCUT2D eigenvalue weighted by atomic mass is 16.5. The first kappa shape index (κ1) is 21.7. The first-order valence-electron chi connectivity index (χ1n) is 9.69. The van der Waals surface area contributed by atoms with E-state index in [1.54, 1.807) is 14.2 Å². The van der Waals surface area contributed by atoms with Crippen LogP contribution in [0.1, 0.15) is 17.2 Å². The number of hydrogen-bond donors (Lipinski definition) is 3. The minimum Gasteiger partial charge on any atom is -0.493 e. The molecule has 2 aromatic rings. The summed E-state index contributed by atoms with van der Waals surface area (Å²) in [5, 5.41) is 5.07. The summed E-state index contributed by atoms with van der Waals surface area (Å²) in [6.45, 7) is 1.90. The molecule has 0 bridgehead atoms. The second-order valence-corrected chi connectivity index (χ2v) is 7.06. The number of carbonyl (C=O) groups excluding carboxylic acids is 1. The van der Waals surface area contributed by atoms with Gasteiger partial charge in [0, 0.05) is 12.1 Å². The molecular weight excluding hydrogens is 354 g/mol. The Morgan fingerprint density at radius 2 is 1.79 bits per heavy atom. The first-order valence-corrected chi connectivity index (χ1v) is 9.69. The molecule has 0 aromatic heterocycles. The number of ether oxygens (including phenoxy) is 2. The van der Waals surface area contributed by atoms with E-state index >= 15 is 0 Å². The molecule has 0 radical (unpaired) electrons. The van der Waals surface area contributed by atoms with Crippen molar-refractivity contribution in [2.75, 3.05) is 47.9 Å². The Kier molecular flexibility index (Phi) is 8.78. The van der Waals surface area contributed by atoms with E-state index in [1.807, 2.05) is 24.3 Å². The molecule has 152 valence electrons. The van der Waals surface area contributed by atoms with E-state index in [0.29, 0.717) is 30.6 Å². The summed E-state index contributed by atoms with van der Waals surface area (Å²) in [4.78, 5) is 13.5. The number of benzene rings is 2. The third-order valence-electron chi connectivity index (χ3n) is 4.81. The minimum atomic E-state index is 0.0565. The van der Waals surface area contributed by atoms with Crippen molar-refractivity contribution in [2.24, 2.45) is 0 Å². The lowest BCUT2D eigenvalue weighted by atomic mass is 10.1. The molecule has 1 amide bonds. The number of nitrogens with one attached hydrogen (secondary N) is 2. The Morgan fingerprint density at radius 1 is 1.07 bits per heavy atom. The molecule has 0 spiro atoms. The molecule has 0 aliphatic rings. The van der Waals surface area contributed by atoms with E-state index < -0.39 is 0 Å². The summed E-state index contributed by atoms with van der Waals surface area (Å²) in [6, 6.07) is 16.6. The predicted molar refractivity (Wildman–Crippen MR) is 110 cm³/mol. The molecule has 2 rings (SSSR count). The van der Waals surface area contributed by atoms with Crippen molar-refractivity contribution < 1.29 is 24.5 Å². The second kappa shape index (κ2) is 11.3.